The van der Waals surface area contributed by atoms with E-state index in [2.05, 4.69) is 10.0 Å². The molecule has 14 heavy (non-hydrogen) atoms. The molecule has 0 atom stereocenters. The molecule has 0 saturated carbocycles. The number of benzene rings is 1. The number of hydrogen-bond acceptors (Lipinski definition) is 2. The summed E-state index contributed by atoms with van der Waals surface area (Å²) in [5.41, 5.74) is 10.3. The SMILES string of the molecule is CN1Cc2c(N=[N+]=[N-])cccc2C1=O. The Hall–Kier alpha value is -2.00. The lowest BCUT2D eigenvalue weighted by Crippen LogP contribution is -2.17. The maximum atomic E-state index is 11.5. The largest absolute Gasteiger partial charge is 0.337 e. The molecule has 0 saturated heterocycles. The van der Waals surface area contributed by atoms with Crippen LogP contribution in [0, 0.1) is 0 Å². The van der Waals surface area contributed by atoms with Crippen LogP contribution in [0.5, 0.6) is 0 Å². The molecule has 5 heteroatoms. The summed E-state index contributed by atoms with van der Waals surface area (Å²) < 4.78 is 0. The van der Waals surface area contributed by atoms with Crippen molar-refractivity contribution in [3.05, 3.63) is 39.8 Å². The van der Waals surface area contributed by atoms with Gasteiger partial charge in [-0.05, 0) is 17.2 Å². The smallest absolute Gasteiger partial charge is 0.254 e. The second-order valence-electron chi connectivity index (χ2n) is 3.15. The third kappa shape index (κ3) is 1.11. The zero-order chi connectivity index (χ0) is 10.1. The first kappa shape index (κ1) is 8.59. The van der Waals surface area contributed by atoms with Crippen LogP contribution in [0.15, 0.2) is 23.3 Å². The van der Waals surface area contributed by atoms with Crippen molar-refractivity contribution in [1.29, 1.82) is 0 Å². The van der Waals surface area contributed by atoms with Gasteiger partial charge < -0.3 is 4.90 Å². The van der Waals surface area contributed by atoms with Crippen molar-refractivity contribution < 1.29 is 4.79 Å². The van der Waals surface area contributed by atoms with Crippen molar-refractivity contribution >= 4 is 11.6 Å². The Morgan fingerprint density at radius 3 is 3.07 bits per heavy atom. The summed E-state index contributed by atoms with van der Waals surface area (Å²) in [6.45, 7) is 0.517. The first-order valence-corrected chi connectivity index (χ1v) is 4.16. The monoisotopic (exact) mass is 188 g/mol. The van der Waals surface area contributed by atoms with E-state index in [4.69, 9.17) is 5.53 Å². The van der Waals surface area contributed by atoms with Crippen LogP contribution in [0.2, 0.25) is 0 Å². The minimum absolute atomic E-state index is 0.0185. The Labute approximate surface area is 80.6 Å². The van der Waals surface area contributed by atoms with Gasteiger partial charge in [0.2, 0.25) is 0 Å². The second kappa shape index (κ2) is 3.05. The fourth-order valence-electron chi connectivity index (χ4n) is 1.60. The van der Waals surface area contributed by atoms with E-state index in [1.54, 1.807) is 30.1 Å². The van der Waals surface area contributed by atoms with E-state index in [0.717, 1.165) is 5.56 Å². The van der Waals surface area contributed by atoms with Crippen LogP contribution in [-0.2, 0) is 6.54 Å². The third-order valence-corrected chi connectivity index (χ3v) is 2.28. The molecule has 1 amide bonds. The lowest BCUT2D eigenvalue weighted by molar-refractivity contribution is 0.0816. The topological polar surface area (TPSA) is 69.1 Å². The number of azide groups is 1. The summed E-state index contributed by atoms with van der Waals surface area (Å²) in [6, 6.07) is 5.18. The zero-order valence-electron chi connectivity index (χ0n) is 7.64. The zero-order valence-corrected chi connectivity index (χ0v) is 7.64. The third-order valence-electron chi connectivity index (χ3n) is 2.28. The predicted octanol–water partition coefficient (Wildman–Crippen LogP) is 2.21. The van der Waals surface area contributed by atoms with Crippen LogP contribution < -0.4 is 0 Å². The Morgan fingerprint density at radius 1 is 1.57 bits per heavy atom. The van der Waals surface area contributed by atoms with Crippen LogP contribution in [-0.4, -0.2) is 17.9 Å². The molecule has 0 aromatic heterocycles. The molecule has 1 aliphatic rings. The molecule has 5 nitrogen and oxygen atoms in total. The average molecular weight is 188 g/mol. The standard InChI is InChI=1S/C9H8N4O/c1-13-5-7-6(9(13)14)3-2-4-8(7)11-12-10/h2-4H,5H2,1H3. The van der Waals surface area contributed by atoms with Gasteiger partial charge in [0.15, 0.2) is 0 Å². The van der Waals surface area contributed by atoms with E-state index in [1.807, 2.05) is 0 Å². The Balaban J connectivity index is 2.61. The van der Waals surface area contributed by atoms with Gasteiger partial charge in [0.05, 0.1) is 0 Å². The highest BCUT2D eigenvalue weighted by Gasteiger charge is 2.25. The molecule has 0 bridgehead atoms. The van der Waals surface area contributed by atoms with Gasteiger partial charge in [-0.1, -0.05) is 17.2 Å². The summed E-state index contributed by atoms with van der Waals surface area (Å²) in [5, 5.41) is 3.55. The summed E-state index contributed by atoms with van der Waals surface area (Å²) in [5.74, 6) is -0.0185. The Bertz CT molecular complexity index is 448. The molecule has 0 spiro atoms. The number of carbonyl (C=O) groups excluding carboxylic acids is 1. The number of nitrogens with zero attached hydrogens (tertiary/aromatic N) is 4. The number of rotatable bonds is 1. The van der Waals surface area contributed by atoms with Crippen LogP contribution in [0.4, 0.5) is 5.69 Å². The highest BCUT2D eigenvalue weighted by atomic mass is 16.2. The molecule has 2 rings (SSSR count). The fourth-order valence-corrected chi connectivity index (χ4v) is 1.60. The second-order valence-corrected chi connectivity index (χ2v) is 3.15. The van der Waals surface area contributed by atoms with E-state index in [1.165, 1.54) is 0 Å². The van der Waals surface area contributed by atoms with Crippen molar-refractivity contribution in [3.63, 3.8) is 0 Å². The van der Waals surface area contributed by atoms with E-state index in [9.17, 15) is 4.79 Å². The summed E-state index contributed by atoms with van der Waals surface area (Å²) >= 11 is 0. The molecule has 1 heterocycles. The van der Waals surface area contributed by atoms with Gasteiger partial charge in [0.1, 0.15) is 0 Å². The quantitative estimate of drug-likeness (QED) is 0.378. The van der Waals surface area contributed by atoms with Crippen LogP contribution >= 0.6 is 0 Å². The van der Waals surface area contributed by atoms with E-state index in [-0.39, 0.29) is 5.91 Å². The molecule has 1 aromatic carbocycles. The van der Waals surface area contributed by atoms with Gasteiger partial charge in [-0.25, -0.2) is 0 Å². The van der Waals surface area contributed by atoms with E-state index >= 15 is 0 Å². The van der Waals surface area contributed by atoms with E-state index < -0.39 is 0 Å². The number of carbonyl (C=O) groups is 1. The van der Waals surface area contributed by atoms with Crippen molar-refractivity contribution in [2.24, 2.45) is 5.11 Å². The van der Waals surface area contributed by atoms with Crippen molar-refractivity contribution in [1.82, 2.24) is 4.90 Å². The van der Waals surface area contributed by atoms with Crippen molar-refractivity contribution in [2.45, 2.75) is 6.54 Å². The lowest BCUT2D eigenvalue weighted by Gasteiger charge is -2.04. The minimum atomic E-state index is -0.0185. The molecular weight excluding hydrogens is 180 g/mol. The first-order chi connectivity index (χ1) is 6.74. The summed E-state index contributed by atoms with van der Waals surface area (Å²) in [6.07, 6.45) is 0. The molecule has 70 valence electrons. The molecule has 0 radical (unpaired) electrons. The van der Waals surface area contributed by atoms with Gasteiger partial charge in [0, 0.05) is 29.8 Å². The number of hydrogen-bond donors (Lipinski definition) is 0. The molecule has 1 aromatic rings. The van der Waals surface area contributed by atoms with E-state index in [0.29, 0.717) is 17.8 Å². The maximum Gasteiger partial charge on any atom is 0.254 e. The van der Waals surface area contributed by atoms with Gasteiger partial charge in [0.25, 0.3) is 5.91 Å². The van der Waals surface area contributed by atoms with Crippen LogP contribution in [0.1, 0.15) is 15.9 Å². The lowest BCUT2D eigenvalue weighted by atomic mass is 10.1. The number of fused-ring (bicyclic) bond motifs is 1. The average Bonchev–Trinajstić information content (AvgIpc) is 2.46. The Kier molecular flexibility index (Phi) is 1.87. The van der Waals surface area contributed by atoms with Gasteiger partial charge in [-0.2, -0.15) is 0 Å². The molecule has 0 N–H and O–H groups in total. The normalized spacial score (nSPS) is 13.8. The predicted molar refractivity (Wildman–Crippen MR) is 51.0 cm³/mol. The summed E-state index contributed by atoms with van der Waals surface area (Å²) in [4.78, 5) is 15.9. The minimum Gasteiger partial charge on any atom is -0.337 e. The van der Waals surface area contributed by atoms with Gasteiger partial charge in [-0.15, -0.1) is 0 Å². The maximum absolute atomic E-state index is 11.5. The first-order valence-electron chi connectivity index (χ1n) is 4.16. The summed E-state index contributed by atoms with van der Waals surface area (Å²) in [7, 11) is 1.72. The van der Waals surface area contributed by atoms with Crippen LogP contribution in [0.3, 0.4) is 0 Å². The molecule has 0 aliphatic carbocycles. The Morgan fingerprint density at radius 2 is 2.36 bits per heavy atom. The van der Waals surface area contributed by atoms with Gasteiger partial charge in [-0.3, -0.25) is 4.79 Å². The molecular formula is C9H8N4O. The van der Waals surface area contributed by atoms with Gasteiger partial charge >= 0.3 is 0 Å². The molecule has 0 fully saturated rings. The van der Waals surface area contributed by atoms with Crippen molar-refractivity contribution in [3.8, 4) is 0 Å². The van der Waals surface area contributed by atoms with Crippen LogP contribution in [0.25, 0.3) is 10.4 Å². The number of amides is 1. The molecule has 0 unspecified atom stereocenters. The fraction of sp³-hybridized carbons (Fsp3) is 0.222. The molecule has 1 aliphatic heterocycles. The highest BCUT2D eigenvalue weighted by Crippen LogP contribution is 2.30. The van der Waals surface area contributed by atoms with Crippen molar-refractivity contribution in [2.75, 3.05) is 7.05 Å². The highest BCUT2D eigenvalue weighted by molar-refractivity contribution is 5.99.